The molecule has 0 aliphatic rings. The van der Waals surface area contributed by atoms with Crippen LogP contribution in [0.4, 0.5) is 4.79 Å². The van der Waals surface area contributed by atoms with E-state index in [-0.39, 0.29) is 24.4 Å². The Morgan fingerprint density at radius 1 is 1.24 bits per heavy atom. The van der Waals surface area contributed by atoms with Crippen molar-refractivity contribution in [3.8, 4) is 0 Å². The predicted molar refractivity (Wildman–Crippen MR) is 79.4 cm³/mol. The number of carbonyl (C=O) groups is 2. The fraction of sp³-hybridized carbons (Fsp3) is 0.857. The minimum absolute atomic E-state index is 0.0560. The first-order chi connectivity index (χ1) is 9.92. The van der Waals surface area contributed by atoms with Gasteiger partial charge in [-0.1, -0.05) is 6.92 Å². The molecule has 0 radical (unpaired) electrons. The van der Waals surface area contributed by atoms with E-state index in [1.807, 2.05) is 13.8 Å². The Morgan fingerprint density at radius 2 is 1.90 bits per heavy atom. The highest BCUT2D eigenvalue weighted by atomic mass is 16.5. The Hall–Kier alpha value is -1.34. The lowest BCUT2D eigenvalue weighted by molar-refractivity contribution is -0.137. The van der Waals surface area contributed by atoms with E-state index in [0.717, 1.165) is 0 Å². The molecular weight excluding hydrogens is 276 g/mol. The Kier molecular flexibility index (Phi) is 10.6. The summed E-state index contributed by atoms with van der Waals surface area (Å²) in [6.07, 6.45) is 0.659. The Morgan fingerprint density at radius 3 is 2.43 bits per heavy atom. The first-order valence-corrected chi connectivity index (χ1v) is 7.16. The maximum atomic E-state index is 12.2. The number of hydrogen-bond acceptors (Lipinski definition) is 4. The number of ether oxygens (including phenoxy) is 2. The van der Waals surface area contributed by atoms with Gasteiger partial charge in [0.15, 0.2) is 0 Å². The third-order valence-electron chi connectivity index (χ3n) is 3.19. The summed E-state index contributed by atoms with van der Waals surface area (Å²) < 4.78 is 10.1. The number of rotatable bonds is 11. The lowest BCUT2D eigenvalue weighted by atomic mass is 10.1. The molecule has 0 aromatic carbocycles. The fourth-order valence-corrected chi connectivity index (χ4v) is 1.88. The van der Waals surface area contributed by atoms with Crippen LogP contribution in [0.1, 0.15) is 26.7 Å². The standard InChI is InChI=1S/C14H28N2O5/c1-11(5-6-13(17)18)9-15-14(19)16(7-8-20-3)12(2)10-21-4/h11-12H,5-10H2,1-4H3,(H,15,19)(H,17,18). The van der Waals surface area contributed by atoms with Crippen LogP contribution < -0.4 is 5.32 Å². The zero-order valence-electron chi connectivity index (χ0n) is 13.4. The van der Waals surface area contributed by atoms with E-state index in [2.05, 4.69) is 5.32 Å². The number of hydrogen-bond donors (Lipinski definition) is 2. The molecule has 0 saturated heterocycles. The highest BCUT2D eigenvalue weighted by molar-refractivity contribution is 5.74. The van der Waals surface area contributed by atoms with Crippen LogP contribution in [-0.4, -0.2) is 68.6 Å². The third-order valence-corrected chi connectivity index (χ3v) is 3.19. The van der Waals surface area contributed by atoms with E-state index >= 15 is 0 Å². The van der Waals surface area contributed by atoms with Crippen LogP contribution in [0, 0.1) is 5.92 Å². The SMILES string of the molecule is COCCN(C(=O)NCC(C)CCC(=O)O)C(C)COC. The lowest BCUT2D eigenvalue weighted by Gasteiger charge is -2.29. The topological polar surface area (TPSA) is 88.1 Å². The van der Waals surface area contributed by atoms with Crippen molar-refractivity contribution in [1.29, 1.82) is 0 Å². The van der Waals surface area contributed by atoms with Gasteiger partial charge in [0.05, 0.1) is 19.3 Å². The molecule has 0 aromatic rings. The van der Waals surface area contributed by atoms with Gasteiger partial charge in [-0.05, 0) is 19.3 Å². The van der Waals surface area contributed by atoms with Gasteiger partial charge in [0.2, 0.25) is 0 Å². The molecule has 0 aromatic heterocycles. The quantitative estimate of drug-likeness (QED) is 0.598. The molecule has 0 rings (SSSR count). The van der Waals surface area contributed by atoms with Crippen molar-refractivity contribution in [2.45, 2.75) is 32.7 Å². The maximum Gasteiger partial charge on any atom is 0.317 e. The van der Waals surface area contributed by atoms with Crippen LogP contribution >= 0.6 is 0 Å². The molecule has 0 aliphatic carbocycles. The van der Waals surface area contributed by atoms with Crippen molar-refractivity contribution in [2.24, 2.45) is 5.92 Å². The van der Waals surface area contributed by atoms with Gasteiger partial charge < -0.3 is 24.8 Å². The molecule has 0 heterocycles. The summed E-state index contributed by atoms with van der Waals surface area (Å²) in [7, 11) is 3.18. The molecular formula is C14H28N2O5. The first-order valence-electron chi connectivity index (χ1n) is 7.16. The van der Waals surface area contributed by atoms with E-state index in [1.54, 1.807) is 19.1 Å². The van der Waals surface area contributed by atoms with Crippen LogP contribution in [0.25, 0.3) is 0 Å². The molecule has 2 atom stereocenters. The third kappa shape index (κ3) is 9.25. The number of nitrogens with one attached hydrogen (secondary N) is 1. The largest absolute Gasteiger partial charge is 0.481 e. The van der Waals surface area contributed by atoms with Crippen molar-refractivity contribution in [2.75, 3.05) is 40.5 Å². The minimum Gasteiger partial charge on any atom is -0.481 e. The molecule has 21 heavy (non-hydrogen) atoms. The molecule has 124 valence electrons. The molecule has 2 amide bonds. The van der Waals surface area contributed by atoms with E-state index in [1.165, 1.54) is 0 Å². The Labute approximate surface area is 126 Å². The van der Waals surface area contributed by atoms with Crippen molar-refractivity contribution < 1.29 is 24.2 Å². The average Bonchev–Trinajstić information content (AvgIpc) is 2.43. The maximum absolute atomic E-state index is 12.2. The van der Waals surface area contributed by atoms with E-state index in [4.69, 9.17) is 14.6 Å². The number of aliphatic carboxylic acids is 1. The number of methoxy groups -OCH3 is 2. The smallest absolute Gasteiger partial charge is 0.317 e. The van der Waals surface area contributed by atoms with Gasteiger partial charge in [0, 0.05) is 33.7 Å². The molecule has 0 aliphatic heterocycles. The number of carbonyl (C=O) groups excluding carboxylic acids is 1. The molecule has 7 nitrogen and oxygen atoms in total. The number of amides is 2. The van der Waals surface area contributed by atoms with Crippen LogP contribution in [-0.2, 0) is 14.3 Å². The molecule has 7 heteroatoms. The summed E-state index contributed by atoms with van der Waals surface area (Å²) in [5.74, 6) is -0.698. The zero-order valence-corrected chi connectivity index (χ0v) is 13.4. The summed E-state index contributed by atoms with van der Waals surface area (Å²) >= 11 is 0. The summed E-state index contributed by atoms with van der Waals surface area (Å²) in [6.45, 7) is 5.67. The van der Waals surface area contributed by atoms with E-state index in [0.29, 0.717) is 32.7 Å². The monoisotopic (exact) mass is 304 g/mol. The summed E-state index contributed by atoms with van der Waals surface area (Å²) in [5, 5.41) is 11.5. The van der Waals surface area contributed by atoms with Gasteiger partial charge in [-0.2, -0.15) is 0 Å². The second-order valence-corrected chi connectivity index (χ2v) is 5.21. The normalized spacial score (nSPS) is 13.5. The van der Waals surface area contributed by atoms with Crippen molar-refractivity contribution in [3.63, 3.8) is 0 Å². The molecule has 0 bridgehead atoms. The van der Waals surface area contributed by atoms with Gasteiger partial charge in [0.25, 0.3) is 0 Å². The number of carboxylic acid groups (broad SMARTS) is 1. The lowest BCUT2D eigenvalue weighted by Crippen LogP contribution is -2.49. The second-order valence-electron chi connectivity index (χ2n) is 5.21. The number of urea groups is 1. The summed E-state index contributed by atoms with van der Waals surface area (Å²) in [5.41, 5.74) is 0. The fourth-order valence-electron chi connectivity index (χ4n) is 1.88. The van der Waals surface area contributed by atoms with Gasteiger partial charge in [-0.25, -0.2) is 4.79 Å². The van der Waals surface area contributed by atoms with Crippen LogP contribution in [0.5, 0.6) is 0 Å². The summed E-state index contributed by atoms with van der Waals surface area (Å²) in [4.78, 5) is 24.4. The first kappa shape index (κ1) is 19.7. The molecule has 0 fully saturated rings. The molecule has 0 saturated carbocycles. The highest BCUT2D eigenvalue weighted by Gasteiger charge is 2.20. The van der Waals surface area contributed by atoms with Crippen molar-refractivity contribution in [1.82, 2.24) is 10.2 Å². The van der Waals surface area contributed by atoms with Gasteiger partial charge >= 0.3 is 12.0 Å². The molecule has 0 spiro atoms. The summed E-state index contributed by atoms with van der Waals surface area (Å²) in [6, 6.07) is -0.238. The highest BCUT2D eigenvalue weighted by Crippen LogP contribution is 2.05. The van der Waals surface area contributed by atoms with Gasteiger partial charge in [-0.15, -0.1) is 0 Å². The Balaban J connectivity index is 4.28. The van der Waals surface area contributed by atoms with Crippen LogP contribution in [0.3, 0.4) is 0 Å². The Bertz CT molecular complexity index is 312. The number of nitrogens with zero attached hydrogens (tertiary/aromatic N) is 1. The van der Waals surface area contributed by atoms with Gasteiger partial charge in [-0.3, -0.25) is 4.79 Å². The average molecular weight is 304 g/mol. The molecule has 2 unspecified atom stereocenters. The molecule has 2 N–H and O–H groups in total. The van der Waals surface area contributed by atoms with Crippen LogP contribution in [0.2, 0.25) is 0 Å². The van der Waals surface area contributed by atoms with Crippen LogP contribution in [0.15, 0.2) is 0 Å². The van der Waals surface area contributed by atoms with Crippen molar-refractivity contribution in [3.05, 3.63) is 0 Å². The van der Waals surface area contributed by atoms with E-state index < -0.39 is 5.97 Å². The van der Waals surface area contributed by atoms with Gasteiger partial charge in [0.1, 0.15) is 0 Å². The second kappa shape index (κ2) is 11.3. The number of carboxylic acids is 1. The van der Waals surface area contributed by atoms with Crippen molar-refractivity contribution >= 4 is 12.0 Å². The minimum atomic E-state index is -0.816. The van der Waals surface area contributed by atoms with E-state index in [9.17, 15) is 9.59 Å². The predicted octanol–water partition coefficient (Wildman–Crippen LogP) is 1.18. The zero-order chi connectivity index (χ0) is 16.3.